The molecule has 4 rings (SSSR count). The van der Waals surface area contributed by atoms with Crippen LogP contribution in [-0.2, 0) is 16.1 Å². The van der Waals surface area contributed by atoms with Crippen molar-refractivity contribution in [2.24, 2.45) is 0 Å². The van der Waals surface area contributed by atoms with E-state index in [1.54, 1.807) is 16.4 Å². The van der Waals surface area contributed by atoms with Crippen molar-refractivity contribution < 1.29 is 14.3 Å². The zero-order valence-electron chi connectivity index (χ0n) is 19.8. The minimum Gasteiger partial charge on any atom is -0.493 e. The average molecular weight is 479 g/mol. The summed E-state index contributed by atoms with van der Waals surface area (Å²) in [5.74, 6) is 1.85. The van der Waals surface area contributed by atoms with E-state index in [1.165, 1.54) is 0 Å². The van der Waals surface area contributed by atoms with Crippen LogP contribution in [0.1, 0.15) is 50.8 Å². The molecule has 0 saturated heterocycles. The predicted octanol–water partition coefficient (Wildman–Crippen LogP) is 5.60. The highest BCUT2D eigenvalue weighted by molar-refractivity contribution is 7.99. The summed E-state index contributed by atoms with van der Waals surface area (Å²) in [6.07, 6.45) is 1.90. The molecule has 0 radical (unpaired) electrons. The maximum atomic E-state index is 13.5. The highest BCUT2D eigenvalue weighted by atomic mass is 32.2. The first-order valence-corrected chi connectivity index (χ1v) is 12.6. The fourth-order valence-electron chi connectivity index (χ4n) is 3.79. The molecule has 7 nitrogen and oxygen atoms in total. The number of rotatable bonds is 10. The summed E-state index contributed by atoms with van der Waals surface area (Å²) < 4.78 is 13.6. The number of esters is 1. The van der Waals surface area contributed by atoms with E-state index in [-0.39, 0.29) is 6.61 Å². The maximum absolute atomic E-state index is 13.5. The first-order valence-electron chi connectivity index (χ1n) is 11.6. The topological polar surface area (TPSA) is 78.3 Å². The number of benzene rings is 2. The van der Waals surface area contributed by atoms with E-state index in [0.717, 1.165) is 35.5 Å². The van der Waals surface area contributed by atoms with Gasteiger partial charge in [0, 0.05) is 17.0 Å². The third kappa shape index (κ3) is 5.28. The summed E-state index contributed by atoms with van der Waals surface area (Å²) in [6.45, 7) is 6.84. The van der Waals surface area contributed by atoms with Crippen LogP contribution in [0, 0.1) is 0 Å². The van der Waals surface area contributed by atoms with Crippen LogP contribution < -0.4 is 10.1 Å². The van der Waals surface area contributed by atoms with E-state index in [0.29, 0.717) is 29.0 Å². The number of carbonyl (C=O) groups is 1. The van der Waals surface area contributed by atoms with E-state index in [4.69, 9.17) is 14.6 Å². The van der Waals surface area contributed by atoms with Gasteiger partial charge >= 0.3 is 5.97 Å². The number of ether oxygens (including phenoxy) is 2. The molecule has 1 unspecified atom stereocenters. The first-order chi connectivity index (χ1) is 16.6. The third-order valence-electron chi connectivity index (χ3n) is 5.38. The van der Waals surface area contributed by atoms with Crippen LogP contribution in [-0.4, -0.2) is 33.1 Å². The van der Waals surface area contributed by atoms with E-state index in [1.807, 2.05) is 61.5 Å². The van der Waals surface area contributed by atoms with Crippen molar-refractivity contribution in [3.05, 3.63) is 77.0 Å². The SMILES string of the molecule is CCCOc1ccccc1C1C(C(=O)OCc2ccccc2)=C(C)Nc2nc(SCCC)nn21. The molecule has 1 aliphatic heterocycles. The van der Waals surface area contributed by atoms with Crippen LogP contribution in [0.3, 0.4) is 0 Å². The molecule has 2 heterocycles. The lowest BCUT2D eigenvalue weighted by Gasteiger charge is -2.29. The van der Waals surface area contributed by atoms with Crippen molar-refractivity contribution in [3.8, 4) is 5.75 Å². The second-order valence-corrected chi connectivity index (χ2v) is 9.09. The normalized spacial score (nSPS) is 15.0. The van der Waals surface area contributed by atoms with Gasteiger partial charge in [0.25, 0.3) is 0 Å². The van der Waals surface area contributed by atoms with Crippen LogP contribution >= 0.6 is 11.8 Å². The van der Waals surface area contributed by atoms with Crippen molar-refractivity contribution >= 4 is 23.7 Å². The van der Waals surface area contributed by atoms with E-state index in [9.17, 15) is 4.79 Å². The highest BCUT2D eigenvalue weighted by Gasteiger charge is 2.36. The lowest BCUT2D eigenvalue weighted by atomic mass is 9.95. The molecule has 0 amide bonds. The van der Waals surface area contributed by atoms with Gasteiger partial charge in [0.2, 0.25) is 11.1 Å². The molecule has 1 aromatic heterocycles. The second kappa shape index (κ2) is 11.2. The van der Waals surface area contributed by atoms with Gasteiger partial charge in [-0.25, -0.2) is 9.48 Å². The number of nitrogens with zero attached hydrogens (tertiary/aromatic N) is 3. The number of fused-ring (bicyclic) bond motifs is 1. The quantitative estimate of drug-likeness (QED) is 0.300. The van der Waals surface area contributed by atoms with Crippen molar-refractivity contribution in [2.45, 2.75) is 51.4 Å². The average Bonchev–Trinajstić information content (AvgIpc) is 3.27. The van der Waals surface area contributed by atoms with Crippen LogP contribution in [0.15, 0.2) is 71.0 Å². The van der Waals surface area contributed by atoms with Crippen LogP contribution in [0.5, 0.6) is 5.75 Å². The molecule has 178 valence electrons. The molecule has 0 fully saturated rings. The largest absolute Gasteiger partial charge is 0.493 e. The van der Waals surface area contributed by atoms with Crippen molar-refractivity contribution in [1.82, 2.24) is 14.8 Å². The minimum absolute atomic E-state index is 0.193. The zero-order valence-corrected chi connectivity index (χ0v) is 20.6. The monoisotopic (exact) mass is 478 g/mol. The summed E-state index contributed by atoms with van der Waals surface area (Å²) in [7, 11) is 0. The molecular weight excluding hydrogens is 448 g/mol. The van der Waals surface area contributed by atoms with Crippen LogP contribution in [0.25, 0.3) is 0 Å². The van der Waals surface area contributed by atoms with Gasteiger partial charge in [-0.15, -0.1) is 5.10 Å². The lowest BCUT2D eigenvalue weighted by molar-refractivity contribution is -0.140. The molecule has 34 heavy (non-hydrogen) atoms. The second-order valence-electron chi connectivity index (χ2n) is 8.03. The molecule has 1 atom stereocenters. The number of aromatic nitrogens is 3. The van der Waals surface area contributed by atoms with E-state index in [2.05, 4.69) is 24.1 Å². The third-order valence-corrected chi connectivity index (χ3v) is 6.42. The van der Waals surface area contributed by atoms with Gasteiger partial charge in [-0.05, 0) is 31.4 Å². The van der Waals surface area contributed by atoms with Crippen LogP contribution in [0.2, 0.25) is 0 Å². The molecule has 0 spiro atoms. The molecule has 3 aromatic rings. The smallest absolute Gasteiger partial charge is 0.338 e. The van der Waals surface area contributed by atoms with Gasteiger partial charge in [-0.3, -0.25) is 0 Å². The number of anilines is 1. The molecule has 1 N–H and O–H groups in total. The molecule has 0 saturated carbocycles. The number of para-hydroxylation sites is 1. The van der Waals surface area contributed by atoms with E-state index >= 15 is 0 Å². The Morgan fingerprint density at radius 1 is 1.09 bits per heavy atom. The zero-order chi connectivity index (χ0) is 23.9. The molecule has 0 aliphatic carbocycles. The lowest BCUT2D eigenvalue weighted by Crippen LogP contribution is -2.30. The van der Waals surface area contributed by atoms with Gasteiger partial charge < -0.3 is 14.8 Å². The highest BCUT2D eigenvalue weighted by Crippen LogP contribution is 2.40. The number of hydrogen-bond donors (Lipinski definition) is 1. The Morgan fingerprint density at radius 3 is 2.62 bits per heavy atom. The number of hydrogen-bond acceptors (Lipinski definition) is 7. The Labute approximate surface area is 204 Å². The summed E-state index contributed by atoms with van der Waals surface area (Å²) in [6, 6.07) is 16.9. The standard InChI is InChI=1S/C26H30N4O3S/c1-4-15-32-21-14-10-9-13-20(21)23-22(24(31)33-17-19-11-7-6-8-12-19)18(3)27-25-28-26(29-30(23)25)34-16-5-2/h6-14,23H,4-5,15-17H2,1-3H3,(H,27,28,29). The minimum atomic E-state index is -0.518. The molecular formula is C26H30N4O3S. The summed E-state index contributed by atoms with van der Waals surface area (Å²) >= 11 is 1.60. The Hall–Kier alpha value is -3.26. The maximum Gasteiger partial charge on any atom is 0.338 e. The number of carbonyl (C=O) groups excluding carboxylic acids is 1. The molecule has 0 bridgehead atoms. The fraction of sp³-hybridized carbons (Fsp3) is 0.346. The van der Waals surface area contributed by atoms with Crippen molar-refractivity contribution in [2.75, 3.05) is 17.7 Å². The summed E-state index contributed by atoms with van der Waals surface area (Å²) in [5.41, 5.74) is 2.97. The van der Waals surface area contributed by atoms with Crippen molar-refractivity contribution in [1.29, 1.82) is 0 Å². The molecule has 8 heteroatoms. The van der Waals surface area contributed by atoms with Gasteiger partial charge in [0.1, 0.15) is 18.4 Å². The molecule has 1 aliphatic rings. The predicted molar refractivity (Wildman–Crippen MR) is 134 cm³/mol. The Morgan fingerprint density at radius 2 is 1.85 bits per heavy atom. The number of nitrogens with one attached hydrogen (secondary N) is 1. The fourth-order valence-corrected chi connectivity index (χ4v) is 4.47. The van der Waals surface area contributed by atoms with E-state index < -0.39 is 12.0 Å². The molecule has 2 aromatic carbocycles. The first kappa shape index (κ1) is 23.9. The Balaban J connectivity index is 1.73. The van der Waals surface area contributed by atoms with Gasteiger partial charge in [0.05, 0.1) is 12.2 Å². The number of allylic oxidation sites excluding steroid dienone is 1. The van der Waals surface area contributed by atoms with Gasteiger partial charge in [-0.2, -0.15) is 4.98 Å². The van der Waals surface area contributed by atoms with Crippen molar-refractivity contribution in [3.63, 3.8) is 0 Å². The van der Waals surface area contributed by atoms with Gasteiger partial charge in [-0.1, -0.05) is 74.1 Å². The summed E-state index contributed by atoms with van der Waals surface area (Å²) in [5, 5.41) is 8.70. The Bertz CT molecular complexity index is 1160. The Kier molecular flexibility index (Phi) is 7.90. The van der Waals surface area contributed by atoms with Crippen LogP contribution in [0.4, 0.5) is 5.95 Å². The number of thioether (sulfide) groups is 1. The van der Waals surface area contributed by atoms with Gasteiger partial charge in [0.15, 0.2) is 0 Å². The summed E-state index contributed by atoms with van der Waals surface area (Å²) in [4.78, 5) is 18.1.